The van der Waals surface area contributed by atoms with Crippen LogP contribution in [-0.4, -0.2) is 58.8 Å². The van der Waals surface area contributed by atoms with Gasteiger partial charge in [0, 0.05) is 44.4 Å². The third-order valence-corrected chi connectivity index (χ3v) is 4.61. The molecule has 0 saturated heterocycles. The number of anilines is 2. The summed E-state index contributed by atoms with van der Waals surface area (Å²) < 4.78 is 0. The van der Waals surface area contributed by atoms with Gasteiger partial charge in [-0.2, -0.15) is 4.98 Å². The third kappa shape index (κ3) is 5.11. The zero-order valence-corrected chi connectivity index (χ0v) is 17.2. The Hall–Kier alpha value is -3.49. The summed E-state index contributed by atoms with van der Waals surface area (Å²) in [5.74, 6) is 0.547. The summed E-state index contributed by atoms with van der Waals surface area (Å²) >= 11 is 0. The largest absolute Gasteiger partial charge is 0.368 e. The van der Waals surface area contributed by atoms with E-state index in [0.29, 0.717) is 42.4 Å². The van der Waals surface area contributed by atoms with Crippen LogP contribution >= 0.6 is 0 Å². The summed E-state index contributed by atoms with van der Waals surface area (Å²) in [6, 6.07) is 8.61. The number of aryl methyl sites for hydroxylation is 1. The van der Waals surface area contributed by atoms with Crippen molar-refractivity contribution in [2.75, 3.05) is 36.8 Å². The lowest BCUT2D eigenvalue weighted by Gasteiger charge is -2.13. The molecule has 3 amide bonds. The summed E-state index contributed by atoms with van der Waals surface area (Å²) in [6.45, 7) is 5.79. The van der Waals surface area contributed by atoms with Crippen molar-refractivity contribution in [2.45, 2.75) is 26.7 Å². The molecule has 0 unspecified atom stereocenters. The van der Waals surface area contributed by atoms with Gasteiger partial charge in [0.25, 0.3) is 11.8 Å². The Kier molecular flexibility index (Phi) is 6.95. The number of imide groups is 1. The number of carbonyl (C=O) groups excluding carboxylic acids is 3. The molecule has 2 heterocycles. The lowest BCUT2D eigenvalue weighted by atomic mass is 10.1. The van der Waals surface area contributed by atoms with Crippen LogP contribution in [-0.2, 0) is 4.79 Å². The van der Waals surface area contributed by atoms with Crippen LogP contribution in [0, 0.1) is 6.92 Å². The summed E-state index contributed by atoms with van der Waals surface area (Å²) in [5, 5.41) is 9.05. The van der Waals surface area contributed by atoms with Crippen LogP contribution in [0.1, 0.15) is 46.2 Å². The average molecular weight is 410 g/mol. The normalized spacial score (nSPS) is 12.7. The number of rotatable bonds is 10. The van der Waals surface area contributed by atoms with Gasteiger partial charge in [0.1, 0.15) is 5.82 Å². The first kappa shape index (κ1) is 21.2. The number of fused-ring (bicyclic) bond motifs is 1. The van der Waals surface area contributed by atoms with Gasteiger partial charge in [0.05, 0.1) is 11.1 Å². The molecule has 0 fully saturated rings. The van der Waals surface area contributed by atoms with Crippen molar-refractivity contribution in [3.8, 4) is 0 Å². The number of nitrogens with zero attached hydrogens (tertiary/aromatic N) is 3. The molecule has 1 aliphatic heterocycles. The topological polar surface area (TPSA) is 116 Å². The Bertz CT molecular complexity index is 911. The molecule has 0 bridgehead atoms. The van der Waals surface area contributed by atoms with E-state index in [9.17, 15) is 14.4 Å². The maximum Gasteiger partial charge on any atom is 0.261 e. The van der Waals surface area contributed by atoms with Gasteiger partial charge >= 0.3 is 0 Å². The predicted octanol–water partition coefficient (Wildman–Crippen LogP) is 1.82. The van der Waals surface area contributed by atoms with Crippen molar-refractivity contribution >= 4 is 29.5 Å². The van der Waals surface area contributed by atoms with Crippen molar-refractivity contribution in [2.24, 2.45) is 0 Å². The van der Waals surface area contributed by atoms with E-state index in [4.69, 9.17) is 0 Å². The predicted molar refractivity (Wildman–Crippen MR) is 113 cm³/mol. The van der Waals surface area contributed by atoms with Gasteiger partial charge in [0.2, 0.25) is 11.9 Å². The monoisotopic (exact) mass is 410 g/mol. The maximum absolute atomic E-state index is 12.3. The van der Waals surface area contributed by atoms with Crippen molar-refractivity contribution in [1.82, 2.24) is 20.2 Å². The second-order valence-electron chi connectivity index (χ2n) is 6.94. The number of benzene rings is 1. The van der Waals surface area contributed by atoms with Crippen LogP contribution in [0.3, 0.4) is 0 Å². The summed E-state index contributed by atoms with van der Waals surface area (Å²) in [6.07, 6.45) is 0.659. The van der Waals surface area contributed by atoms with Crippen LogP contribution in [0.4, 0.5) is 11.8 Å². The fourth-order valence-electron chi connectivity index (χ4n) is 3.22. The molecule has 30 heavy (non-hydrogen) atoms. The molecule has 2 aromatic rings. The molecule has 1 aromatic heterocycles. The van der Waals surface area contributed by atoms with Crippen molar-refractivity contribution in [1.29, 1.82) is 0 Å². The number of hydrogen-bond donors (Lipinski definition) is 3. The van der Waals surface area contributed by atoms with E-state index in [2.05, 4.69) is 25.9 Å². The molecule has 3 rings (SSSR count). The molecule has 0 atom stereocenters. The standard InChI is InChI=1S/C21H26N6O3/c1-3-22-21-25-14(2)13-17(26-21)23-10-11-24-18(28)9-6-12-27-19(29)15-7-4-5-8-16(15)20(27)30/h4-5,7-8,13H,3,6,9-12H2,1-2H3,(H,24,28)(H2,22,23,25,26). The molecule has 9 heteroatoms. The minimum atomic E-state index is -0.294. The zero-order chi connectivity index (χ0) is 21.5. The molecule has 0 saturated carbocycles. The van der Waals surface area contributed by atoms with Crippen molar-refractivity contribution in [3.63, 3.8) is 0 Å². The fourth-order valence-corrected chi connectivity index (χ4v) is 3.22. The van der Waals surface area contributed by atoms with Crippen LogP contribution in [0.5, 0.6) is 0 Å². The summed E-state index contributed by atoms with van der Waals surface area (Å²) in [7, 11) is 0. The Balaban J connectivity index is 1.36. The number of amides is 3. The molecule has 0 aliphatic carbocycles. The first-order valence-electron chi connectivity index (χ1n) is 10.0. The molecule has 3 N–H and O–H groups in total. The van der Waals surface area contributed by atoms with Gasteiger partial charge in [-0.1, -0.05) is 12.1 Å². The molecule has 158 valence electrons. The van der Waals surface area contributed by atoms with Gasteiger partial charge in [-0.25, -0.2) is 4.98 Å². The van der Waals surface area contributed by atoms with Gasteiger partial charge in [-0.15, -0.1) is 0 Å². The Morgan fingerprint density at radius 2 is 1.73 bits per heavy atom. The summed E-state index contributed by atoms with van der Waals surface area (Å²) in [4.78, 5) is 46.5. The highest BCUT2D eigenvalue weighted by molar-refractivity contribution is 6.21. The maximum atomic E-state index is 12.3. The highest BCUT2D eigenvalue weighted by atomic mass is 16.2. The zero-order valence-electron chi connectivity index (χ0n) is 17.2. The third-order valence-electron chi connectivity index (χ3n) is 4.61. The van der Waals surface area contributed by atoms with Crippen molar-refractivity contribution in [3.05, 3.63) is 47.2 Å². The minimum Gasteiger partial charge on any atom is -0.368 e. The lowest BCUT2D eigenvalue weighted by Crippen LogP contribution is -2.33. The van der Waals surface area contributed by atoms with Gasteiger partial charge in [-0.3, -0.25) is 19.3 Å². The van der Waals surface area contributed by atoms with Crippen LogP contribution in [0.25, 0.3) is 0 Å². The SMILES string of the molecule is CCNc1nc(C)cc(NCCNC(=O)CCCN2C(=O)c3ccccc3C2=O)n1. The Morgan fingerprint density at radius 1 is 1.03 bits per heavy atom. The van der Waals surface area contributed by atoms with E-state index in [-0.39, 0.29) is 30.7 Å². The lowest BCUT2D eigenvalue weighted by molar-refractivity contribution is -0.121. The molecule has 0 spiro atoms. The van der Waals surface area contributed by atoms with Gasteiger partial charge in [0.15, 0.2) is 0 Å². The van der Waals surface area contributed by atoms with Crippen LogP contribution in [0.2, 0.25) is 0 Å². The molecule has 0 radical (unpaired) electrons. The quantitative estimate of drug-likeness (QED) is 0.404. The Labute approximate surface area is 175 Å². The van der Waals surface area contributed by atoms with E-state index in [1.165, 1.54) is 4.90 Å². The number of carbonyl (C=O) groups is 3. The minimum absolute atomic E-state index is 0.124. The van der Waals surface area contributed by atoms with Gasteiger partial charge < -0.3 is 16.0 Å². The highest BCUT2D eigenvalue weighted by Crippen LogP contribution is 2.22. The van der Waals surface area contributed by atoms with E-state index in [0.717, 1.165) is 12.2 Å². The highest BCUT2D eigenvalue weighted by Gasteiger charge is 2.34. The second-order valence-corrected chi connectivity index (χ2v) is 6.94. The van der Waals surface area contributed by atoms with E-state index < -0.39 is 0 Å². The van der Waals surface area contributed by atoms with Crippen LogP contribution in [0.15, 0.2) is 30.3 Å². The smallest absolute Gasteiger partial charge is 0.261 e. The first-order valence-corrected chi connectivity index (χ1v) is 10.0. The fraction of sp³-hybridized carbons (Fsp3) is 0.381. The first-order chi connectivity index (χ1) is 14.5. The van der Waals surface area contributed by atoms with Crippen molar-refractivity contribution < 1.29 is 14.4 Å². The molecule has 1 aliphatic rings. The molecule has 1 aromatic carbocycles. The van der Waals surface area contributed by atoms with E-state index >= 15 is 0 Å². The number of hydrogen-bond acceptors (Lipinski definition) is 7. The average Bonchev–Trinajstić information content (AvgIpc) is 2.96. The molecule has 9 nitrogen and oxygen atoms in total. The van der Waals surface area contributed by atoms with Crippen LogP contribution < -0.4 is 16.0 Å². The Morgan fingerprint density at radius 3 is 2.40 bits per heavy atom. The molecular formula is C21H26N6O3. The van der Waals surface area contributed by atoms with Gasteiger partial charge in [-0.05, 0) is 32.4 Å². The summed E-state index contributed by atoms with van der Waals surface area (Å²) in [5.41, 5.74) is 1.70. The molecular weight excluding hydrogens is 384 g/mol. The van der Waals surface area contributed by atoms with E-state index in [1.807, 2.05) is 19.9 Å². The number of aromatic nitrogens is 2. The van der Waals surface area contributed by atoms with E-state index in [1.54, 1.807) is 24.3 Å². The second kappa shape index (κ2) is 9.82. The number of nitrogens with one attached hydrogen (secondary N) is 3.